The highest BCUT2D eigenvalue weighted by Crippen LogP contribution is 2.41. The molecule has 0 aromatic carbocycles. The Labute approximate surface area is 128 Å². The maximum Gasteiger partial charge on any atom is 0.162 e. The van der Waals surface area contributed by atoms with Crippen LogP contribution in [-0.2, 0) is 15.8 Å². The minimum atomic E-state index is -0.351. The lowest BCUT2D eigenvalue weighted by Gasteiger charge is -2.38. The van der Waals surface area contributed by atoms with Crippen LogP contribution in [0.5, 0.6) is 0 Å². The van der Waals surface area contributed by atoms with E-state index in [4.69, 9.17) is 15.5 Å². The Morgan fingerprint density at radius 2 is 1.90 bits per heavy atom. The molecule has 0 aliphatic heterocycles. The fourth-order valence-corrected chi connectivity index (χ4v) is 2.99. The van der Waals surface area contributed by atoms with Crippen LogP contribution in [0, 0.1) is 5.92 Å². The van der Waals surface area contributed by atoms with Gasteiger partial charge >= 0.3 is 0 Å². The highest BCUT2D eigenvalue weighted by atomic mass is 16.5. The molecule has 0 radical (unpaired) electrons. The summed E-state index contributed by atoms with van der Waals surface area (Å²) in [5.41, 5.74) is 6.64. The molecule has 1 saturated carbocycles. The Morgan fingerprint density at radius 1 is 1.29 bits per heavy atom. The summed E-state index contributed by atoms with van der Waals surface area (Å²) >= 11 is 0. The lowest BCUT2D eigenvalue weighted by molar-refractivity contribution is -0.0838. The van der Waals surface area contributed by atoms with E-state index in [2.05, 4.69) is 32.7 Å². The second-order valence-corrected chi connectivity index (χ2v) is 7.36. The van der Waals surface area contributed by atoms with Gasteiger partial charge in [-0.25, -0.2) is 9.97 Å². The first kappa shape index (κ1) is 16.2. The van der Waals surface area contributed by atoms with E-state index in [-0.39, 0.29) is 11.0 Å². The molecular weight excluding hydrogens is 262 g/mol. The van der Waals surface area contributed by atoms with Crippen LogP contribution in [0.4, 0.5) is 5.82 Å². The van der Waals surface area contributed by atoms with Gasteiger partial charge in [0, 0.05) is 18.1 Å². The first-order valence-corrected chi connectivity index (χ1v) is 8.06. The molecule has 0 spiro atoms. The van der Waals surface area contributed by atoms with E-state index in [1.165, 1.54) is 0 Å². The van der Waals surface area contributed by atoms with Crippen molar-refractivity contribution in [3.05, 3.63) is 17.6 Å². The van der Waals surface area contributed by atoms with Crippen LogP contribution >= 0.6 is 0 Å². The van der Waals surface area contributed by atoms with Crippen molar-refractivity contribution in [1.82, 2.24) is 9.97 Å². The number of rotatable bonds is 3. The molecule has 1 aromatic rings. The minimum absolute atomic E-state index is 0.0405. The van der Waals surface area contributed by atoms with E-state index >= 15 is 0 Å². The molecule has 1 fully saturated rings. The topological polar surface area (TPSA) is 61.0 Å². The average Bonchev–Trinajstić information content (AvgIpc) is 2.40. The van der Waals surface area contributed by atoms with Crippen LogP contribution in [0.2, 0.25) is 0 Å². The zero-order valence-electron chi connectivity index (χ0n) is 14.1. The van der Waals surface area contributed by atoms with Crippen molar-refractivity contribution in [1.29, 1.82) is 0 Å². The number of ether oxygens (including phenoxy) is 1. The van der Waals surface area contributed by atoms with Gasteiger partial charge in [-0.05, 0) is 38.5 Å². The summed E-state index contributed by atoms with van der Waals surface area (Å²) in [6.07, 6.45) is 4.27. The third kappa shape index (κ3) is 3.54. The van der Waals surface area contributed by atoms with Crippen LogP contribution in [-0.4, -0.2) is 16.6 Å². The molecule has 1 aliphatic rings. The molecule has 4 heteroatoms. The fraction of sp³-hybridized carbons (Fsp3) is 0.765. The smallest absolute Gasteiger partial charge is 0.162 e. The first-order chi connectivity index (χ1) is 9.77. The summed E-state index contributed by atoms with van der Waals surface area (Å²) in [6, 6.07) is 1.88. The van der Waals surface area contributed by atoms with Crippen molar-refractivity contribution in [2.45, 2.75) is 71.3 Å². The Morgan fingerprint density at radius 3 is 2.43 bits per heavy atom. The normalized spacial score (nSPS) is 26.8. The molecule has 0 bridgehead atoms. The van der Waals surface area contributed by atoms with E-state index in [0.717, 1.165) is 43.1 Å². The van der Waals surface area contributed by atoms with E-state index < -0.39 is 0 Å². The molecule has 0 atom stereocenters. The fourth-order valence-electron chi connectivity index (χ4n) is 2.99. The lowest BCUT2D eigenvalue weighted by Crippen LogP contribution is -2.37. The van der Waals surface area contributed by atoms with Crippen molar-refractivity contribution < 1.29 is 4.74 Å². The predicted molar refractivity (Wildman–Crippen MR) is 86.1 cm³/mol. The van der Waals surface area contributed by atoms with Crippen molar-refractivity contribution in [3.63, 3.8) is 0 Å². The van der Waals surface area contributed by atoms with Crippen LogP contribution in [0.1, 0.15) is 71.8 Å². The third-order valence-electron chi connectivity index (χ3n) is 4.42. The number of anilines is 1. The minimum Gasteiger partial charge on any atom is -0.384 e. The van der Waals surface area contributed by atoms with Crippen molar-refractivity contribution in [2.75, 3.05) is 12.3 Å². The summed E-state index contributed by atoms with van der Waals surface area (Å²) in [4.78, 5) is 9.36. The molecule has 0 amide bonds. The number of nitrogens with zero attached hydrogens (tertiary/aromatic N) is 2. The number of hydrogen-bond acceptors (Lipinski definition) is 4. The highest BCUT2D eigenvalue weighted by molar-refractivity contribution is 5.34. The largest absolute Gasteiger partial charge is 0.384 e. The molecule has 4 nitrogen and oxygen atoms in total. The van der Waals surface area contributed by atoms with E-state index in [1.54, 1.807) is 0 Å². The standard InChI is InChI=1S/C17H29N3O/c1-6-21-17(9-7-12(2)8-10-17)15-19-13(16(3,4)5)11-14(18)20-15/h11-12H,6-10H2,1-5H3,(H2,18,19,20). The summed E-state index contributed by atoms with van der Waals surface area (Å²) in [5.74, 6) is 2.07. The van der Waals surface area contributed by atoms with Gasteiger partial charge in [-0.2, -0.15) is 0 Å². The zero-order valence-corrected chi connectivity index (χ0v) is 14.1. The van der Waals surface area contributed by atoms with Gasteiger partial charge in [0.1, 0.15) is 11.4 Å². The average molecular weight is 291 g/mol. The second-order valence-electron chi connectivity index (χ2n) is 7.36. The molecule has 1 heterocycles. The molecule has 118 valence electrons. The van der Waals surface area contributed by atoms with Gasteiger partial charge in [-0.1, -0.05) is 27.7 Å². The predicted octanol–water partition coefficient (Wildman–Crippen LogP) is 3.80. The van der Waals surface area contributed by atoms with Crippen LogP contribution < -0.4 is 5.73 Å². The maximum atomic E-state index is 6.15. The number of nitrogen functional groups attached to an aromatic ring is 1. The molecule has 0 saturated heterocycles. The number of nitrogens with two attached hydrogens (primary N) is 1. The van der Waals surface area contributed by atoms with Gasteiger partial charge in [0.15, 0.2) is 5.82 Å². The van der Waals surface area contributed by atoms with E-state index in [1.807, 2.05) is 13.0 Å². The Bertz CT molecular complexity index is 485. The Hall–Kier alpha value is -1.16. The monoisotopic (exact) mass is 291 g/mol. The molecule has 21 heavy (non-hydrogen) atoms. The van der Waals surface area contributed by atoms with Crippen LogP contribution in [0.3, 0.4) is 0 Å². The van der Waals surface area contributed by atoms with Gasteiger partial charge in [0.2, 0.25) is 0 Å². The highest BCUT2D eigenvalue weighted by Gasteiger charge is 2.40. The molecule has 1 aromatic heterocycles. The summed E-state index contributed by atoms with van der Waals surface area (Å²) in [5, 5.41) is 0. The van der Waals surface area contributed by atoms with Crippen LogP contribution in [0.15, 0.2) is 6.07 Å². The summed E-state index contributed by atoms with van der Waals surface area (Å²) in [7, 11) is 0. The van der Waals surface area contributed by atoms with Gasteiger partial charge in [-0.3, -0.25) is 0 Å². The Kier molecular flexibility index (Phi) is 4.57. The number of aromatic nitrogens is 2. The van der Waals surface area contributed by atoms with Gasteiger partial charge in [-0.15, -0.1) is 0 Å². The van der Waals surface area contributed by atoms with E-state index in [9.17, 15) is 0 Å². The molecular formula is C17H29N3O. The lowest BCUT2D eigenvalue weighted by atomic mass is 9.78. The van der Waals surface area contributed by atoms with E-state index in [0.29, 0.717) is 12.4 Å². The van der Waals surface area contributed by atoms with Crippen molar-refractivity contribution >= 4 is 5.82 Å². The van der Waals surface area contributed by atoms with Crippen molar-refractivity contribution in [2.24, 2.45) is 5.92 Å². The SMILES string of the molecule is CCOC1(c2nc(N)cc(C(C)(C)C)n2)CCC(C)CC1. The second kappa shape index (κ2) is 5.91. The summed E-state index contributed by atoms with van der Waals surface area (Å²) in [6.45, 7) is 11.5. The summed E-state index contributed by atoms with van der Waals surface area (Å²) < 4.78 is 6.15. The van der Waals surface area contributed by atoms with Gasteiger partial charge < -0.3 is 10.5 Å². The van der Waals surface area contributed by atoms with Crippen LogP contribution in [0.25, 0.3) is 0 Å². The molecule has 0 unspecified atom stereocenters. The zero-order chi connectivity index (χ0) is 15.7. The molecule has 2 rings (SSSR count). The number of hydrogen-bond donors (Lipinski definition) is 1. The molecule has 2 N–H and O–H groups in total. The van der Waals surface area contributed by atoms with Gasteiger partial charge in [0.25, 0.3) is 0 Å². The maximum absolute atomic E-state index is 6.15. The van der Waals surface area contributed by atoms with Crippen molar-refractivity contribution in [3.8, 4) is 0 Å². The Balaban J connectivity index is 2.43. The van der Waals surface area contributed by atoms with Gasteiger partial charge in [0.05, 0.1) is 5.69 Å². The quantitative estimate of drug-likeness (QED) is 0.920. The third-order valence-corrected chi connectivity index (χ3v) is 4.42. The first-order valence-electron chi connectivity index (χ1n) is 8.06. The molecule has 1 aliphatic carbocycles.